The standard InChI is InChI=1S/C28H29F2N4O8PS2/c29-28(30,43(38,39)40)19-3-6-23-17(10-19)11-24(44-23)25(35)32-21-15-45(41,42)9-7-20-4-5-22(34(20)26(21)36)27(37)33-13-18(14-33)16-2-1-8-31-12-16/h1-3,6,8,10-12,18,20-22H,4-5,7,9,13-15H2,(H,32,35)(H2,38,39,40)/t20-,21+,22+/m1/s1. The Kier molecular flexibility index (Phi) is 8.09. The highest BCUT2D eigenvalue weighted by molar-refractivity contribution is 7.91. The number of rotatable bonds is 6. The number of halogens is 2. The average molecular weight is 683 g/mol. The maximum atomic E-state index is 14.3. The van der Waals surface area contributed by atoms with Crippen molar-refractivity contribution >= 4 is 56.6 Å². The van der Waals surface area contributed by atoms with Crippen LogP contribution in [0.1, 0.15) is 46.0 Å². The number of carbonyl (C=O) groups excluding carboxylic acids is 3. The monoisotopic (exact) mass is 682 g/mol. The van der Waals surface area contributed by atoms with Gasteiger partial charge in [0, 0.05) is 47.7 Å². The van der Waals surface area contributed by atoms with Crippen molar-refractivity contribution in [2.75, 3.05) is 24.6 Å². The molecule has 3 saturated heterocycles. The van der Waals surface area contributed by atoms with Crippen LogP contribution in [0.15, 0.2) is 48.8 Å². The largest absolute Gasteiger partial charge is 0.399 e. The van der Waals surface area contributed by atoms with E-state index in [1.807, 2.05) is 12.1 Å². The Balaban J connectivity index is 1.21. The first-order chi connectivity index (χ1) is 21.1. The molecule has 3 amide bonds. The summed E-state index contributed by atoms with van der Waals surface area (Å²) in [6.45, 7) is 0.937. The highest BCUT2D eigenvalue weighted by Crippen LogP contribution is 2.59. The molecule has 17 heteroatoms. The van der Waals surface area contributed by atoms with Gasteiger partial charge in [0.05, 0.1) is 16.4 Å². The van der Waals surface area contributed by atoms with E-state index in [9.17, 15) is 36.1 Å². The summed E-state index contributed by atoms with van der Waals surface area (Å²) < 4.78 is 65.9. The number of nitrogens with one attached hydrogen (secondary N) is 1. The van der Waals surface area contributed by atoms with Crippen molar-refractivity contribution in [2.45, 2.75) is 49.0 Å². The molecule has 45 heavy (non-hydrogen) atoms. The first kappa shape index (κ1) is 31.7. The summed E-state index contributed by atoms with van der Waals surface area (Å²) in [5.41, 5.74) is -4.37. The minimum absolute atomic E-state index is 0.0264. The van der Waals surface area contributed by atoms with Gasteiger partial charge in [-0.2, -0.15) is 8.78 Å². The number of nitrogens with zero attached hydrogens (tertiary/aromatic N) is 3. The number of hydrogen-bond donors (Lipinski definition) is 3. The van der Waals surface area contributed by atoms with E-state index < -0.39 is 64.4 Å². The molecule has 240 valence electrons. The summed E-state index contributed by atoms with van der Waals surface area (Å²) >= 11 is 0.878. The van der Waals surface area contributed by atoms with E-state index in [0.29, 0.717) is 30.6 Å². The number of amides is 3. The second kappa shape index (κ2) is 11.5. The number of benzene rings is 1. The van der Waals surface area contributed by atoms with Gasteiger partial charge in [0.2, 0.25) is 11.8 Å². The molecule has 0 bridgehead atoms. The number of sulfone groups is 1. The van der Waals surface area contributed by atoms with Gasteiger partial charge in [-0.15, -0.1) is 11.3 Å². The summed E-state index contributed by atoms with van der Waals surface area (Å²) in [6.07, 6.45) is 4.40. The van der Waals surface area contributed by atoms with Gasteiger partial charge in [-0.1, -0.05) is 12.1 Å². The van der Waals surface area contributed by atoms with Crippen LogP contribution in [0.2, 0.25) is 0 Å². The van der Waals surface area contributed by atoms with E-state index in [0.717, 1.165) is 29.0 Å². The van der Waals surface area contributed by atoms with E-state index >= 15 is 0 Å². The number of carbonyl (C=O) groups is 3. The molecule has 0 spiro atoms. The molecule has 3 aliphatic rings. The molecule has 0 aliphatic carbocycles. The molecular formula is C28H29F2N4O8PS2. The quantitative estimate of drug-likeness (QED) is 0.330. The van der Waals surface area contributed by atoms with Crippen LogP contribution < -0.4 is 5.32 Å². The molecule has 0 radical (unpaired) electrons. The Hall–Kier alpha value is -3.30. The van der Waals surface area contributed by atoms with Crippen LogP contribution in [0.3, 0.4) is 0 Å². The second-order valence-electron chi connectivity index (χ2n) is 11.6. The van der Waals surface area contributed by atoms with Crippen molar-refractivity contribution in [3.05, 3.63) is 64.8 Å². The highest BCUT2D eigenvalue weighted by Gasteiger charge is 2.51. The van der Waals surface area contributed by atoms with Crippen molar-refractivity contribution in [2.24, 2.45) is 0 Å². The predicted molar refractivity (Wildman–Crippen MR) is 160 cm³/mol. The first-order valence-corrected chi connectivity index (χ1v) is 18.4. The van der Waals surface area contributed by atoms with Crippen molar-refractivity contribution < 1.29 is 45.9 Å². The molecule has 3 N–H and O–H groups in total. The highest BCUT2D eigenvalue weighted by atomic mass is 32.2. The van der Waals surface area contributed by atoms with E-state index in [-0.39, 0.29) is 34.3 Å². The van der Waals surface area contributed by atoms with E-state index in [2.05, 4.69) is 10.3 Å². The maximum Gasteiger partial charge on any atom is 0.399 e. The molecule has 1 aromatic carbocycles. The van der Waals surface area contributed by atoms with E-state index in [1.165, 1.54) is 17.0 Å². The first-order valence-electron chi connectivity index (χ1n) is 14.1. The molecule has 3 aromatic rings. The smallest absolute Gasteiger partial charge is 0.340 e. The third-order valence-electron chi connectivity index (χ3n) is 8.63. The molecule has 3 atom stereocenters. The lowest BCUT2D eigenvalue weighted by atomic mass is 9.92. The topological polar surface area (TPSA) is 174 Å². The minimum atomic E-state index is -5.81. The SMILES string of the molecule is O=C(N[C@H]1CS(=O)(=O)CC[C@H]2CC[C@@H](C(=O)N3CC(c4cccnc4)C3)N2C1=O)c1cc2cc(C(F)(F)P(=O)(O)O)ccc2s1. The van der Waals surface area contributed by atoms with Crippen LogP contribution in [0, 0.1) is 0 Å². The fraction of sp³-hybridized carbons (Fsp3) is 0.429. The van der Waals surface area contributed by atoms with Gasteiger partial charge in [0.25, 0.3) is 5.91 Å². The Labute approximate surface area is 260 Å². The number of thiophene rings is 1. The Morgan fingerprint density at radius 2 is 1.87 bits per heavy atom. The van der Waals surface area contributed by atoms with Crippen molar-refractivity contribution in [3.63, 3.8) is 0 Å². The summed E-state index contributed by atoms with van der Waals surface area (Å²) in [5, 5.41) is 2.60. The molecule has 3 aliphatic heterocycles. The number of fused-ring (bicyclic) bond motifs is 2. The number of aromatic nitrogens is 1. The van der Waals surface area contributed by atoms with Crippen LogP contribution in [0.25, 0.3) is 10.1 Å². The Bertz CT molecular complexity index is 1830. The molecular weight excluding hydrogens is 653 g/mol. The zero-order valence-electron chi connectivity index (χ0n) is 23.6. The Morgan fingerprint density at radius 3 is 2.56 bits per heavy atom. The predicted octanol–water partition coefficient (Wildman–Crippen LogP) is 2.43. The van der Waals surface area contributed by atoms with Gasteiger partial charge in [-0.3, -0.25) is 23.9 Å². The summed E-state index contributed by atoms with van der Waals surface area (Å²) in [5.74, 6) is -2.50. The number of alkyl halides is 2. The van der Waals surface area contributed by atoms with Crippen LogP contribution >= 0.6 is 18.9 Å². The number of pyridine rings is 1. The molecule has 3 fully saturated rings. The van der Waals surface area contributed by atoms with Gasteiger partial charge < -0.3 is 24.9 Å². The number of hydrogen-bond acceptors (Lipinski definition) is 8. The van der Waals surface area contributed by atoms with Crippen LogP contribution in [0.4, 0.5) is 8.78 Å². The van der Waals surface area contributed by atoms with Crippen LogP contribution in [0.5, 0.6) is 0 Å². The average Bonchev–Trinajstić information content (AvgIpc) is 3.58. The normalized spacial score (nSPS) is 24.1. The summed E-state index contributed by atoms with van der Waals surface area (Å²) in [6, 6.07) is 5.13. The zero-order chi connectivity index (χ0) is 32.3. The molecule has 6 rings (SSSR count). The van der Waals surface area contributed by atoms with E-state index in [4.69, 9.17) is 9.79 Å². The third-order valence-corrected chi connectivity index (χ3v) is 12.4. The molecule has 0 unspecified atom stereocenters. The van der Waals surface area contributed by atoms with Gasteiger partial charge >= 0.3 is 13.3 Å². The van der Waals surface area contributed by atoms with Crippen LogP contribution in [-0.2, 0) is 29.7 Å². The van der Waals surface area contributed by atoms with Crippen molar-refractivity contribution in [1.82, 2.24) is 20.1 Å². The fourth-order valence-corrected chi connectivity index (χ4v) is 9.14. The zero-order valence-corrected chi connectivity index (χ0v) is 26.1. The van der Waals surface area contributed by atoms with E-state index in [1.54, 1.807) is 17.3 Å². The fourth-order valence-electron chi connectivity index (χ4n) is 6.19. The van der Waals surface area contributed by atoms with Gasteiger partial charge in [-0.05, 0) is 54.5 Å². The van der Waals surface area contributed by atoms with Crippen LogP contribution in [-0.4, -0.2) is 93.4 Å². The second-order valence-corrected chi connectivity index (χ2v) is 16.6. The van der Waals surface area contributed by atoms with Gasteiger partial charge in [0.1, 0.15) is 12.1 Å². The van der Waals surface area contributed by atoms with Crippen molar-refractivity contribution in [1.29, 1.82) is 0 Å². The van der Waals surface area contributed by atoms with Crippen molar-refractivity contribution in [3.8, 4) is 0 Å². The lowest BCUT2D eigenvalue weighted by Gasteiger charge is -2.43. The maximum absolute atomic E-state index is 14.3. The lowest BCUT2D eigenvalue weighted by Crippen LogP contribution is -2.61. The van der Waals surface area contributed by atoms with Gasteiger partial charge in [0.15, 0.2) is 9.84 Å². The third kappa shape index (κ3) is 6.01. The molecule has 2 aromatic heterocycles. The number of likely N-dealkylation sites (tertiary alicyclic amines) is 1. The molecule has 12 nitrogen and oxygen atoms in total. The minimum Gasteiger partial charge on any atom is -0.340 e. The summed E-state index contributed by atoms with van der Waals surface area (Å²) in [7, 11) is -9.57. The molecule has 5 heterocycles. The Morgan fingerprint density at radius 1 is 1.11 bits per heavy atom. The molecule has 0 saturated carbocycles. The van der Waals surface area contributed by atoms with Gasteiger partial charge in [-0.25, -0.2) is 8.42 Å². The summed E-state index contributed by atoms with van der Waals surface area (Å²) in [4.78, 5) is 66.1. The lowest BCUT2D eigenvalue weighted by molar-refractivity contribution is -0.149.